The zero-order valence-corrected chi connectivity index (χ0v) is 13.5. The molecular weight excluding hydrogens is 347 g/mol. The zero-order chi connectivity index (χ0) is 16.3. The average molecular weight is 359 g/mol. The van der Waals surface area contributed by atoms with Crippen LogP contribution in [0.15, 0.2) is 53.4 Å². The SMILES string of the molecule is NC(=O)C(NS(=O)(=O)c1cc(Cl)ccc1Cl)c1ccccc1. The monoisotopic (exact) mass is 358 g/mol. The van der Waals surface area contributed by atoms with Gasteiger partial charge >= 0.3 is 0 Å². The summed E-state index contributed by atoms with van der Waals surface area (Å²) in [5, 5.41) is 0.202. The maximum absolute atomic E-state index is 12.4. The Morgan fingerprint density at radius 2 is 1.73 bits per heavy atom. The van der Waals surface area contributed by atoms with Crippen LogP contribution in [0.3, 0.4) is 0 Å². The number of halogens is 2. The Hall–Kier alpha value is -1.60. The summed E-state index contributed by atoms with van der Waals surface area (Å²) in [6.45, 7) is 0. The molecule has 0 fully saturated rings. The fourth-order valence-corrected chi connectivity index (χ4v) is 3.79. The average Bonchev–Trinajstić information content (AvgIpc) is 2.48. The van der Waals surface area contributed by atoms with Crippen LogP contribution < -0.4 is 10.5 Å². The molecular formula is C14H12Cl2N2O3S. The van der Waals surface area contributed by atoms with Crippen molar-refractivity contribution in [3.63, 3.8) is 0 Å². The highest BCUT2D eigenvalue weighted by Gasteiger charge is 2.27. The molecule has 2 rings (SSSR count). The van der Waals surface area contributed by atoms with Crippen molar-refractivity contribution < 1.29 is 13.2 Å². The first-order valence-electron chi connectivity index (χ1n) is 6.13. The highest BCUT2D eigenvalue weighted by molar-refractivity contribution is 7.89. The van der Waals surface area contributed by atoms with Crippen LogP contribution in [-0.4, -0.2) is 14.3 Å². The summed E-state index contributed by atoms with van der Waals surface area (Å²) in [7, 11) is -4.07. The number of hydrogen-bond acceptors (Lipinski definition) is 3. The largest absolute Gasteiger partial charge is 0.368 e. The number of hydrogen-bond donors (Lipinski definition) is 2. The van der Waals surface area contributed by atoms with E-state index in [2.05, 4.69) is 4.72 Å². The van der Waals surface area contributed by atoms with E-state index in [0.29, 0.717) is 5.56 Å². The number of benzene rings is 2. The lowest BCUT2D eigenvalue weighted by molar-refractivity contribution is -0.119. The number of carbonyl (C=O) groups is 1. The lowest BCUT2D eigenvalue weighted by atomic mass is 10.1. The van der Waals surface area contributed by atoms with Crippen LogP contribution in [0.25, 0.3) is 0 Å². The Morgan fingerprint density at radius 1 is 1.09 bits per heavy atom. The number of amides is 1. The van der Waals surface area contributed by atoms with Gasteiger partial charge in [0.15, 0.2) is 0 Å². The van der Waals surface area contributed by atoms with Crippen molar-refractivity contribution in [1.29, 1.82) is 0 Å². The zero-order valence-electron chi connectivity index (χ0n) is 11.2. The summed E-state index contributed by atoms with van der Waals surface area (Å²) in [5.74, 6) is -0.826. The van der Waals surface area contributed by atoms with Gasteiger partial charge in [-0.1, -0.05) is 53.5 Å². The van der Waals surface area contributed by atoms with Gasteiger partial charge in [0.2, 0.25) is 15.9 Å². The van der Waals surface area contributed by atoms with Crippen molar-refractivity contribution in [2.45, 2.75) is 10.9 Å². The lowest BCUT2D eigenvalue weighted by Gasteiger charge is -2.16. The van der Waals surface area contributed by atoms with E-state index in [0.717, 1.165) is 0 Å². The third-order valence-corrected chi connectivity index (χ3v) is 5.01. The predicted octanol–water partition coefficient (Wildman–Crippen LogP) is 2.50. The molecule has 0 radical (unpaired) electrons. The van der Waals surface area contributed by atoms with Gasteiger partial charge in [-0.05, 0) is 23.8 Å². The van der Waals surface area contributed by atoms with Gasteiger partial charge in [-0.3, -0.25) is 4.79 Å². The topological polar surface area (TPSA) is 89.3 Å². The summed E-state index contributed by atoms with van der Waals surface area (Å²) < 4.78 is 27.1. The normalized spacial score (nSPS) is 12.8. The molecule has 1 atom stereocenters. The van der Waals surface area contributed by atoms with E-state index < -0.39 is 22.0 Å². The Bertz CT molecular complexity index is 795. The lowest BCUT2D eigenvalue weighted by Crippen LogP contribution is -2.37. The summed E-state index contributed by atoms with van der Waals surface area (Å²) in [6, 6.07) is 11.1. The maximum Gasteiger partial charge on any atom is 0.243 e. The number of carbonyl (C=O) groups excluding carboxylic acids is 1. The molecule has 0 spiro atoms. The Morgan fingerprint density at radius 3 is 2.32 bits per heavy atom. The molecule has 0 saturated heterocycles. The van der Waals surface area contributed by atoms with E-state index in [1.165, 1.54) is 18.2 Å². The second-order valence-corrected chi connectivity index (χ2v) is 6.97. The first-order valence-corrected chi connectivity index (χ1v) is 8.37. The standard InChI is InChI=1S/C14H12Cl2N2O3S/c15-10-6-7-11(16)12(8-10)22(20,21)18-13(14(17)19)9-4-2-1-3-5-9/h1-8,13,18H,(H2,17,19). The molecule has 8 heteroatoms. The van der Waals surface area contributed by atoms with Gasteiger partial charge in [0, 0.05) is 5.02 Å². The molecule has 0 aromatic heterocycles. The van der Waals surface area contributed by atoms with E-state index in [1.54, 1.807) is 30.3 Å². The molecule has 0 bridgehead atoms. The van der Waals surface area contributed by atoms with E-state index in [4.69, 9.17) is 28.9 Å². The van der Waals surface area contributed by atoms with Crippen molar-refractivity contribution >= 4 is 39.1 Å². The fourth-order valence-electron chi connectivity index (χ4n) is 1.84. The van der Waals surface area contributed by atoms with Crippen LogP contribution in [-0.2, 0) is 14.8 Å². The van der Waals surface area contributed by atoms with Crippen molar-refractivity contribution in [3.8, 4) is 0 Å². The second-order valence-electron chi connectivity index (χ2n) is 4.44. The molecule has 0 aliphatic carbocycles. The number of nitrogens with one attached hydrogen (secondary N) is 1. The molecule has 2 aromatic rings. The van der Waals surface area contributed by atoms with Gasteiger partial charge in [0.1, 0.15) is 10.9 Å². The molecule has 3 N–H and O–H groups in total. The third-order valence-electron chi connectivity index (χ3n) is 2.87. The highest BCUT2D eigenvalue weighted by Crippen LogP contribution is 2.26. The number of sulfonamides is 1. The highest BCUT2D eigenvalue weighted by atomic mass is 35.5. The van der Waals surface area contributed by atoms with Crippen molar-refractivity contribution in [2.24, 2.45) is 5.73 Å². The minimum Gasteiger partial charge on any atom is -0.368 e. The molecule has 1 unspecified atom stereocenters. The second kappa shape index (κ2) is 6.66. The smallest absolute Gasteiger partial charge is 0.243 e. The van der Waals surface area contributed by atoms with Gasteiger partial charge in [-0.15, -0.1) is 0 Å². The van der Waals surface area contributed by atoms with Gasteiger partial charge in [-0.25, -0.2) is 8.42 Å². The van der Waals surface area contributed by atoms with Crippen molar-refractivity contribution in [2.75, 3.05) is 0 Å². The van der Waals surface area contributed by atoms with Gasteiger partial charge in [0.05, 0.1) is 5.02 Å². The Kier molecular flexibility index (Phi) is 5.08. The number of rotatable bonds is 5. The van der Waals surface area contributed by atoms with Gasteiger partial charge in [-0.2, -0.15) is 4.72 Å². The molecule has 22 heavy (non-hydrogen) atoms. The van der Waals surface area contributed by atoms with Crippen LogP contribution >= 0.6 is 23.2 Å². The number of primary amides is 1. The van der Waals surface area contributed by atoms with Crippen LogP contribution in [0.1, 0.15) is 11.6 Å². The third kappa shape index (κ3) is 3.78. The van der Waals surface area contributed by atoms with E-state index in [1.807, 2.05) is 0 Å². The molecule has 0 aliphatic rings. The molecule has 2 aromatic carbocycles. The fraction of sp³-hybridized carbons (Fsp3) is 0.0714. The first kappa shape index (κ1) is 16.8. The van der Waals surface area contributed by atoms with Gasteiger partial charge < -0.3 is 5.73 Å². The minimum atomic E-state index is -4.07. The van der Waals surface area contributed by atoms with Crippen LogP contribution in [0.5, 0.6) is 0 Å². The summed E-state index contributed by atoms with van der Waals surface area (Å²) in [4.78, 5) is 11.4. The Labute approximate surface area is 138 Å². The first-order chi connectivity index (χ1) is 10.3. The van der Waals surface area contributed by atoms with Crippen molar-refractivity contribution in [1.82, 2.24) is 4.72 Å². The van der Waals surface area contributed by atoms with Crippen LogP contribution in [0.2, 0.25) is 10.0 Å². The molecule has 1 amide bonds. The molecule has 5 nitrogen and oxygen atoms in total. The molecule has 116 valence electrons. The van der Waals surface area contributed by atoms with E-state index >= 15 is 0 Å². The Balaban J connectivity index is 2.41. The van der Waals surface area contributed by atoms with Crippen molar-refractivity contribution in [3.05, 3.63) is 64.1 Å². The quantitative estimate of drug-likeness (QED) is 0.860. The summed E-state index contributed by atoms with van der Waals surface area (Å²) in [6.07, 6.45) is 0. The molecule has 0 heterocycles. The van der Waals surface area contributed by atoms with E-state index in [9.17, 15) is 13.2 Å². The van der Waals surface area contributed by atoms with Crippen LogP contribution in [0.4, 0.5) is 0 Å². The minimum absolute atomic E-state index is 0.00631. The molecule has 0 aliphatic heterocycles. The number of nitrogens with two attached hydrogens (primary N) is 1. The summed E-state index contributed by atoms with van der Waals surface area (Å²) in [5.41, 5.74) is 5.72. The maximum atomic E-state index is 12.4. The molecule has 0 saturated carbocycles. The predicted molar refractivity (Wildman–Crippen MR) is 85.2 cm³/mol. The van der Waals surface area contributed by atoms with Crippen LogP contribution in [0, 0.1) is 0 Å². The van der Waals surface area contributed by atoms with Gasteiger partial charge in [0.25, 0.3) is 0 Å². The van der Waals surface area contributed by atoms with E-state index in [-0.39, 0.29) is 14.9 Å². The summed E-state index contributed by atoms with van der Waals surface area (Å²) >= 11 is 11.7.